The van der Waals surface area contributed by atoms with E-state index in [0.717, 1.165) is 19.3 Å². The number of likely N-dealkylation sites (tertiary alicyclic amines) is 1. The number of carbonyl (C=O) groups excluding carboxylic acids is 2. The lowest BCUT2D eigenvalue weighted by Crippen LogP contribution is -2.48. The molecule has 0 aromatic heterocycles. The Hall–Kier alpha value is -1.83. The molecule has 2 saturated heterocycles. The lowest BCUT2D eigenvalue weighted by atomic mass is 9.92. The van der Waals surface area contributed by atoms with Crippen molar-refractivity contribution in [3.63, 3.8) is 0 Å². The third-order valence-electron chi connectivity index (χ3n) is 4.73. The molecule has 2 fully saturated rings. The van der Waals surface area contributed by atoms with E-state index in [1.165, 1.54) is 0 Å². The number of ether oxygens (including phenoxy) is 2. The highest BCUT2D eigenvalue weighted by molar-refractivity contribution is 5.78. The molecule has 0 radical (unpaired) electrons. The number of aliphatic carboxylic acids is 1. The molecule has 26 heavy (non-hydrogen) atoms. The predicted molar refractivity (Wildman–Crippen MR) is 93.7 cm³/mol. The normalized spacial score (nSPS) is 22.2. The lowest BCUT2D eigenvalue weighted by molar-refractivity contribution is -0.159. The number of rotatable bonds is 4. The molecule has 8 heteroatoms. The zero-order valence-electron chi connectivity index (χ0n) is 15.9. The van der Waals surface area contributed by atoms with Gasteiger partial charge in [-0.2, -0.15) is 0 Å². The summed E-state index contributed by atoms with van der Waals surface area (Å²) in [6.07, 6.45) is 1.67. The van der Waals surface area contributed by atoms with Crippen LogP contribution in [0.25, 0.3) is 0 Å². The quantitative estimate of drug-likeness (QED) is 0.809. The Morgan fingerprint density at radius 3 is 2.35 bits per heavy atom. The van der Waals surface area contributed by atoms with Crippen molar-refractivity contribution in [3.8, 4) is 0 Å². The maximum atomic E-state index is 12.3. The fourth-order valence-corrected chi connectivity index (χ4v) is 3.24. The minimum Gasteiger partial charge on any atom is -0.479 e. The standard InChI is InChI=1S/C18H30N2O6/c1-18(2,3)26-17(24)19-8-6-13(7-9-19)4-5-15(21)20-10-11-25-14(12-20)16(22)23/h13-14H,4-12H2,1-3H3,(H,22,23). The fraction of sp³-hybridized carbons (Fsp3) is 0.833. The van der Waals surface area contributed by atoms with Gasteiger partial charge < -0.3 is 24.4 Å². The second-order valence-corrected chi connectivity index (χ2v) is 7.99. The van der Waals surface area contributed by atoms with E-state index in [1.54, 1.807) is 9.80 Å². The van der Waals surface area contributed by atoms with Crippen LogP contribution in [0, 0.1) is 5.92 Å². The van der Waals surface area contributed by atoms with Gasteiger partial charge >= 0.3 is 12.1 Å². The minimum absolute atomic E-state index is 0.0193. The maximum absolute atomic E-state index is 12.3. The Bertz CT molecular complexity index is 522. The number of carbonyl (C=O) groups is 3. The molecule has 0 aliphatic carbocycles. The van der Waals surface area contributed by atoms with Crippen molar-refractivity contribution in [2.24, 2.45) is 5.92 Å². The van der Waals surface area contributed by atoms with Crippen LogP contribution in [0.3, 0.4) is 0 Å². The summed E-state index contributed by atoms with van der Waals surface area (Å²) in [5.41, 5.74) is -0.494. The first-order valence-electron chi connectivity index (χ1n) is 9.26. The van der Waals surface area contributed by atoms with Crippen LogP contribution in [0.15, 0.2) is 0 Å². The molecule has 0 aromatic carbocycles. The second-order valence-electron chi connectivity index (χ2n) is 7.99. The summed E-state index contributed by atoms with van der Waals surface area (Å²) in [6, 6.07) is 0. The predicted octanol–water partition coefficient (Wildman–Crippen LogP) is 1.73. The van der Waals surface area contributed by atoms with Gasteiger partial charge in [0, 0.05) is 26.1 Å². The van der Waals surface area contributed by atoms with E-state index in [9.17, 15) is 14.4 Å². The van der Waals surface area contributed by atoms with E-state index < -0.39 is 17.7 Å². The van der Waals surface area contributed by atoms with Crippen molar-refractivity contribution in [3.05, 3.63) is 0 Å². The molecule has 1 N–H and O–H groups in total. The summed E-state index contributed by atoms with van der Waals surface area (Å²) in [4.78, 5) is 38.7. The van der Waals surface area contributed by atoms with Crippen LogP contribution in [-0.2, 0) is 19.1 Å². The van der Waals surface area contributed by atoms with Gasteiger partial charge in [0.2, 0.25) is 5.91 Å². The van der Waals surface area contributed by atoms with E-state index in [0.29, 0.717) is 32.0 Å². The molecule has 1 atom stereocenters. The third kappa shape index (κ3) is 6.16. The first-order valence-corrected chi connectivity index (χ1v) is 9.26. The van der Waals surface area contributed by atoms with E-state index in [2.05, 4.69) is 0 Å². The summed E-state index contributed by atoms with van der Waals surface area (Å²) in [5, 5.41) is 9.01. The van der Waals surface area contributed by atoms with Crippen molar-refractivity contribution in [1.82, 2.24) is 9.80 Å². The van der Waals surface area contributed by atoms with Crippen LogP contribution in [0.4, 0.5) is 4.79 Å². The summed E-state index contributed by atoms with van der Waals surface area (Å²) in [7, 11) is 0. The van der Waals surface area contributed by atoms with Gasteiger partial charge in [-0.3, -0.25) is 4.79 Å². The third-order valence-corrected chi connectivity index (χ3v) is 4.73. The number of carboxylic acids is 1. The SMILES string of the molecule is CC(C)(C)OC(=O)N1CCC(CCC(=O)N2CCOC(C(=O)O)C2)CC1. The monoisotopic (exact) mass is 370 g/mol. The molecule has 2 aliphatic heterocycles. The number of nitrogens with zero attached hydrogens (tertiary/aromatic N) is 2. The number of carboxylic acid groups (broad SMARTS) is 1. The zero-order chi connectivity index (χ0) is 19.3. The van der Waals surface area contributed by atoms with Crippen LogP contribution in [0.5, 0.6) is 0 Å². The van der Waals surface area contributed by atoms with E-state index in [-0.39, 0.29) is 25.2 Å². The Balaban J connectivity index is 1.70. The van der Waals surface area contributed by atoms with Crippen LogP contribution >= 0.6 is 0 Å². The number of piperidine rings is 1. The first-order chi connectivity index (χ1) is 12.2. The molecule has 148 valence electrons. The fourth-order valence-electron chi connectivity index (χ4n) is 3.24. The molecular formula is C18H30N2O6. The Kier molecular flexibility index (Phi) is 6.86. The average Bonchev–Trinajstić information content (AvgIpc) is 2.58. The van der Waals surface area contributed by atoms with Gasteiger partial charge in [-0.25, -0.2) is 9.59 Å². The van der Waals surface area contributed by atoms with Gasteiger partial charge in [0.05, 0.1) is 13.2 Å². The highest BCUT2D eigenvalue weighted by Crippen LogP contribution is 2.24. The molecular weight excluding hydrogens is 340 g/mol. The summed E-state index contributed by atoms with van der Waals surface area (Å²) in [5.74, 6) is -0.653. The van der Waals surface area contributed by atoms with Gasteiger partial charge in [0.1, 0.15) is 5.60 Å². The van der Waals surface area contributed by atoms with Crippen molar-refractivity contribution in [1.29, 1.82) is 0 Å². The van der Waals surface area contributed by atoms with Gasteiger partial charge in [-0.1, -0.05) is 0 Å². The van der Waals surface area contributed by atoms with Crippen LogP contribution < -0.4 is 0 Å². The van der Waals surface area contributed by atoms with Crippen LogP contribution in [0.1, 0.15) is 46.5 Å². The Morgan fingerprint density at radius 2 is 1.77 bits per heavy atom. The molecule has 2 aliphatic rings. The number of hydrogen-bond acceptors (Lipinski definition) is 5. The molecule has 0 spiro atoms. The van der Waals surface area contributed by atoms with Crippen LogP contribution in [-0.4, -0.2) is 77.4 Å². The van der Waals surface area contributed by atoms with Gasteiger partial charge in [-0.15, -0.1) is 0 Å². The van der Waals surface area contributed by atoms with E-state index in [1.807, 2.05) is 20.8 Å². The van der Waals surface area contributed by atoms with Gasteiger partial charge in [-0.05, 0) is 46.0 Å². The van der Waals surface area contributed by atoms with Gasteiger partial charge in [0.15, 0.2) is 6.10 Å². The number of amides is 2. The summed E-state index contributed by atoms with van der Waals surface area (Å²) < 4.78 is 10.5. The lowest BCUT2D eigenvalue weighted by Gasteiger charge is -2.34. The molecule has 2 amide bonds. The molecule has 8 nitrogen and oxygen atoms in total. The largest absolute Gasteiger partial charge is 0.479 e. The zero-order valence-corrected chi connectivity index (χ0v) is 15.9. The molecule has 0 saturated carbocycles. The number of morpholine rings is 1. The highest BCUT2D eigenvalue weighted by Gasteiger charge is 2.30. The molecule has 2 rings (SSSR count). The Morgan fingerprint density at radius 1 is 1.12 bits per heavy atom. The first kappa shape index (κ1) is 20.5. The average molecular weight is 370 g/mol. The highest BCUT2D eigenvalue weighted by atomic mass is 16.6. The van der Waals surface area contributed by atoms with Crippen molar-refractivity contribution in [2.75, 3.05) is 32.8 Å². The van der Waals surface area contributed by atoms with E-state index in [4.69, 9.17) is 14.6 Å². The maximum Gasteiger partial charge on any atom is 0.410 e. The van der Waals surface area contributed by atoms with E-state index >= 15 is 0 Å². The molecule has 0 aromatic rings. The smallest absolute Gasteiger partial charge is 0.410 e. The summed E-state index contributed by atoms with van der Waals surface area (Å²) in [6.45, 7) is 7.66. The molecule has 1 unspecified atom stereocenters. The number of hydrogen-bond donors (Lipinski definition) is 1. The van der Waals surface area contributed by atoms with Gasteiger partial charge in [0.25, 0.3) is 0 Å². The van der Waals surface area contributed by atoms with Crippen molar-refractivity contribution < 1.29 is 29.0 Å². The second kappa shape index (κ2) is 8.70. The van der Waals surface area contributed by atoms with Crippen LogP contribution in [0.2, 0.25) is 0 Å². The molecule has 2 heterocycles. The Labute approximate surface area is 154 Å². The van der Waals surface area contributed by atoms with Crippen molar-refractivity contribution >= 4 is 18.0 Å². The summed E-state index contributed by atoms with van der Waals surface area (Å²) >= 11 is 0. The van der Waals surface area contributed by atoms with Crippen molar-refractivity contribution in [2.45, 2.75) is 58.2 Å². The topological polar surface area (TPSA) is 96.4 Å². The minimum atomic E-state index is -1.03. The molecule has 0 bridgehead atoms.